The number of aliphatic hydroxyl groups excluding tert-OH is 1. The first-order chi connectivity index (χ1) is 11.1. The van der Waals surface area contributed by atoms with E-state index in [0.717, 1.165) is 5.56 Å². The Balaban J connectivity index is 1.71. The maximum absolute atomic E-state index is 12.5. The van der Waals surface area contributed by atoms with E-state index < -0.39 is 6.10 Å². The number of tetrazole rings is 1. The van der Waals surface area contributed by atoms with Crippen molar-refractivity contribution in [1.82, 2.24) is 25.1 Å². The molecule has 3 rings (SSSR count). The molecule has 23 heavy (non-hydrogen) atoms. The molecule has 0 aliphatic carbocycles. The van der Waals surface area contributed by atoms with Crippen LogP contribution in [0, 0.1) is 0 Å². The molecule has 0 saturated carbocycles. The lowest BCUT2D eigenvalue weighted by molar-refractivity contribution is -0.00237. The second-order valence-electron chi connectivity index (χ2n) is 5.45. The van der Waals surface area contributed by atoms with Gasteiger partial charge in [-0.3, -0.25) is 4.79 Å². The fourth-order valence-corrected chi connectivity index (χ4v) is 2.64. The summed E-state index contributed by atoms with van der Waals surface area (Å²) in [6, 6.07) is 7.04. The first kappa shape index (κ1) is 15.6. The summed E-state index contributed by atoms with van der Waals surface area (Å²) >= 11 is 0. The van der Waals surface area contributed by atoms with Crippen LogP contribution in [0.4, 0.5) is 0 Å². The van der Waals surface area contributed by atoms with Gasteiger partial charge in [0.2, 0.25) is 5.82 Å². The summed E-state index contributed by atoms with van der Waals surface area (Å²) in [7, 11) is 1.70. The number of hydrogen-bond acceptors (Lipinski definition) is 6. The number of ether oxygens (including phenoxy) is 1. The summed E-state index contributed by atoms with van der Waals surface area (Å²) in [5.74, 6) is 0.393. The number of nitrogens with zero attached hydrogens (tertiary/aromatic N) is 5. The van der Waals surface area contributed by atoms with Gasteiger partial charge in [0.05, 0.1) is 13.2 Å². The fourth-order valence-electron chi connectivity index (χ4n) is 2.64. The van der Waals surface area contributed by atoms with Gasteiger partial charge in [0.25, 0.3) is 5.91 Å². The van der Waals surface area contributed by atoms with Crippen LogP contribution in [0.25, 0.3) is 11.4 Å². The van der Waals surface area contributed by atoms with Gasteiger partial charge in [-0.25, -0.2) is 0 Å². The van der Waals surface area contributed by atoms with Crippen molar-refractivity contribution >= 4 is 5.91 Å². The Bertz CT molecular complexity index is 685. The molecule has 2 aromatic rings. The average Bonchev–Trinajstić information content (AvgIpc) is 3.14. The number of hydrogen-bond donors (Lipinski definition) is 1. The number of carbonyl (C=O) groups is 1. The third-order valence-electron chi connectivity index (χ3n) is 3.80. The Morgan fingerprint density at radius 1 is 1.35 bits per heavy atom. The molecule has 122 valence electrons. The van der Waals surface area contributed by atoms with Crippen LogP contribution in [0.15, 0.2) is 24.3 Å². The molecule has 0 radical (unpaired) electrons. The summed E-state index contributed by atoms with van der Waals surface area (Å²) in [5.41, 5.74) is 1.35. The third-order valence-corrected chi connectivity index (χ3v) is 3.80. The quantitative estimate of drug-likeness (QED) is 0.859. The maximum Gasteiger partial charge on any atom is 0.254 e. The molecule has 1 saturated heterocycles. The molecule has 1 fully saturated rings. The predicted octanol–water partition coefficient (Wildman–Crippen LogP) is 0.0989. The highest BCUT2D eigenvalue weighted by Crippen LogP contribution is 2.19. The van der Waals surface area contributed by atoms with Gasteiger partial charge in [-0.15, -0.1) is 10.2 Å². The molecule has 1 aromatic heterocycles. The number of amides is 1. The lowest BCUT2D eigenvalue weighted by Crippen LogP contribution is -2.30. The molecule has 2 atom stereocenters. The number of rotatable bonds is 4. The van der Waals surface area contributed by atoms with Crippen LogP contribution in [-0.4, -0.2) is 68.0 Å². The number of aryl methyl sites for hydroxylation is 1. The van der Waals surface area contributed by atoms with Gasteiger partial charge in [-0.1, -0.05) is 12.1 Å². The molecule has 1 aromatic carbocycles. The number of likely N-dealkylation sites (tertiary alicyclic amines) is 1. The van der Waals surface area contributed by atoms with Crippen LogP contribution >= 0.6 is 0 Å². The van der Waals surface area contributed by atoms with Crippen molar-refractivity contribution in [3.05, 3.63) is 29.8 Å². The van der Waals surface area contributed by atoms with Gasteiger partial charge in [0.15, 0.2) is 0 Å². The Morgan fingerprint density at radius 2 is 2.09 bits per heavy atom. The molecule has 2 heterocycles. The van der Waals surface area contributed by atoms with Crippen molar-refractivity contribution in [2.45, 2.75) is 19.1 Å². The SMILES string of the molecule is CCO[C@@H]1CN(C(=O)c2ccc(-c3nnn(C)n3)cc2)C[C@H]1O. The van der Waals surface area contributed by atoms with E-state index in [0.29, 0.717) is 24.5 Å². The minimum absolute atomic E-state index is 0.120. The Hall–Kier alpha value is -2.32. The van der Waals surface area contributed by atoms with E-state index in [1.54, 1.807) is 36.2 Å². The standard InChI is InChI=1S/C15H19N5O3/c1-3-23-13-9-20(8-12(13)21)15(22)11-6-4-10(5-7-11)14-16-18-19(2)17-14/h4-7,12-13,21H,3,8-9H2,1-2H3/t12-,13-/m1/s1. The zero-order chi connectivity index (χ0) is 16.4. The molecule has 8 heteroatoms. The van der Waals surface area contributed by atoms with Crippen LogP contribution in [0.2, 0.25) is 0 Å². The third kappa shape index (κ3) is 3.22. The minimum Gasteiger partial charge on any atom is -0.388 e. The van der Waals surface area contributed by atoms with E-state index in [2.05, 4.69) is 15.4 Å². The maximum atomic E-state index is 12.5. The average molecular weight is 317 g/mol. The van der Waals surface area contributed by atoms with Gasteiger partial charge in [0, 0.05) is 30.8 Å². The Morgan fingerprint density at radius 3 is 2.70 bits per heavy atom. The Kier molecular flexibility index (Phi) is 4.35. The second kappa shape index (κ2) is 6.43. The van der Waals surface area contributed by atoms with Crippen molar-refractivity contribution in [3.8, 4) is 11.4 Å². The molecular formula is C15H19N5O3. The topological polar surface area (TPSA) is 93.4 Å². The van der Waals surface area contributed by atoms with E-state index in [1.807, 2.05) is 6.92 Å². The smallest absolute Gasteiger partial charge is 0.254 e. The van der Waals surface area contributed by atoms with E-state index in [9.17, 15) is 9.90 Å². The highest BCUT2D eigenvalue weighted by Gasteiger charge is 2.34. The molecule has 0 unspecified atom stereocenters. The van der Waals surface area contributed by atoms with Gasteiger partial charge < -0.3 is 14.7 Å². The van der Waals surface area contributed by atoms with Crippen LogP contribution in [-0.2, 0) is 11.8 Å². The number of benzene rings is 1. The van der Waals surface area contributed by atoms with Gasteiger partial charge >= 0.3 is 0 Å². The van der Waals surface area contributed by atoms with Crippen molar-refractivity contribution in [2.75, 3.05) is 19.7 Å². The largest absolute Gasteiger partial charge is 0.388 e. The molecule has 1 N–H and O–H groups in total. The zero-order valence-electron chi connectivity index (χ0n) is 13.1. The molecule has 1 aliphatic rings. The molecule has 0 bridgehead atoms. The summed E-state index contributed by atoms with van der Waals surface area (Å²) in [4.78, 5) is 15.5. The zero-order valence-corrected chi connectivity index (χ0v) is 13.1. The van der Waals surface area contributed by atoms with Crippen molar-refractivity contribution in [1.29, 1.82) is 0 Å². The van der Waals surface area contributed by atoms with Crippen molar-refractivity contribution in [2.24, 2.45) is 7.05 Å². The summed E-state index contributed by atoms with van der Waals surface area (Å²) in [6.45, 7) is 3.08. The normalized spacial score (nSPS) is 20.9. The molecule has 8 nitrogen and oxygen atoms in total. The first-order valence-electron chi connectivity index (χ1n) is 7.52. The number of carbonyl (C=O) groups excluding carboxylic acids is 1. The van der Waals surface area contributed by atoms with Gasteiger partial charge in [-0.2, -0.15) is 4.80 Å². The fraction of sp³-hybridized carbons (Fsp3) is 0.467. The summed E-state index contributed by atoms with van der Waals surface area (Å²) < 4.78 is 5.44. The van der Waals surface area contributed by atoms with Crippen molar-refractivity contribution in [3.63, 3.8) is 0 Å². The molecule has 1 aliphatic heterocycles. The van der Waals surface area contributed by atoms with Crippen molar-refractivity contribution < 1.29 is 14.6 Å². The highest BCUT2D eigenvalue weighted by atomic mass is 16.5. The van der Waals surface area contributed by atoms with Crippen LogP contribution in [0.5, 0.6) is 0 Å². The van der Waals surface area contributed by atoms with Crippen LogP contribution in [0.1, 0.15) is 17.3 Å². The van der Waals surface area contributed by atoms with E-state index in [-0.39, 0.29) is 18.6 Å². The Labute approximate surface area is 133 Å². The number of β-amino-alcohol motifs (C(OH)–C–C–N with tert-alkyl or cyclic N) is 1. The highest BCUT2D eigenvalue weighted by molar-refractivity contribution is 5.94. The second-order valence-corrected chi connectivity index (χ2v) is 5.45. The summed E-state index contributed by atoms with van der Waals surface area (Å²) in [6.07, 6.45) is -0.950. The minimum atomic E-state index is -0.637. The van der Waals surface area contributed by atoms with Crippen LogP contribution < -0.4 is 0 Å². The van der Waals surface area contributed by atoms with Gasteiger partial charge in [0.1, 0.15) is 6.10 Å². The van der Waals surface area contributed by atoms with Gasteiger partial charge in [-0.05, 0) is 24.3 Å². The number of aliphatic hydroxyl groups is 1. The molecule has 1 amide bonds. The monoisotopic (exact) mass is 317 g/mol. The van der Waals surface area contributed by atoms with E-state index >= 15 is 0 Å². The lowest BCUT2D eigenvalue weighted by Gasteiger charge is -2.16. The lowest BCUT2D eigenvalue weighted by atomic mass is 10.1. The van der Waals surface area contributed by atoms with Crippen LogP contribution in [0.3, 0.4) is 0 Å². The first-order valence-corrected chi connectivity index (χ1v) is 7.52. The molecule has 0 spiro atoms. The van der Waals surface area contributed by atoms with E-state index in [4.69, 9.17) is 4.74 Å². The summed E-state index contributed by atoms with van der Waals surface area (Å²) in [5, 5.41) is 21.8. The predicted molar refractivity (Wildman–Crippen MR) is 81.6 cm³/mol. The van der Waals surface area contributed by atoms with E-state index in [1.165, 1.54) is 4.80 Å². The number of aromatic nitrogens is 4. The molecular weight excluding hydrogens is 298 g/mol.